The number of halogens is 1. The first kappa shape index (κ1) is 14.0. The van der Waals surface area contributed by atoms with E-state index in [9.17, 15) is 0 Å². The van der Waals surface area contributed by atoms with Gasteiger partial charge in [0.2, 0.25) is 5.88 Å². The highest BCUT2D eigenvalue weighted by atomic mass is 35.5. The van der Waals surface area contributed by atoms with Crippen molar-refractivity contribution in [2.45, 2.75) is 4.90 Å². The number of fused-ring (bicyclic) bond motifs is 1. The van der Waals surface area contributed by atoms with Crippen LogP contribution in [0, 0.1) is 0 Å². The summed E-state index contributed by atoms with van der Waals surface area (Å²) in [4.78, 5) is 9.25. The second kappa shape index (κ2) is 5.79. The lowest BCUT2D eigenvalue weighted by Crippen LogP contribution is -1.99. The summed E-state index contributed by atoms with van der Waals surface area (Å²) in [6, 6.07) is 3.63. The van der Waals surface area contributed by atoms with Crippen molar-refractivity contribution in [3.05, 3.63) is 35.9 Å². The van der Waals surface area contributed by atoms with Crippen LogP contribution in [0.25, 0.3) is 10.9 Å². The van der Waals surface area contributed by atoms with Crippen LogP contribution in [0.5, 0.6) is 5.88 Å². The quantitative estimate of drug-likeness (QED) is 0.588. The lowest BCUT2D eigenvalue weighted by atomic mass is 10.3. The molecule has 1 N–H and O–H groups in total. The summed E-state index contributed by atoms with van der Waals surface area (Å²) in [5.41, 5.74) is 1.70. The van der Waals surface area contributed by atoms with E-state index in [1.807, 2.05) is 13.1 Å². The second-order valence-corrected chi connectivity index (χ2v) is 5.50. The summed E-state index contributed by atoms with van der Waals surface area (Å²) in [5.74, 6) is 0.514. The molecule has 0 atom stereocenters. The predicted molar refractivity (Wildman–Crippen MR) is 83.8 cm³/mol. The Morgan fingerprint density at radius 2 is 2.10 bits per heavy atom. The number of hydrogen-bond acceptors (Lipinski definition) is 6. The molecule has 0 saturated carbocycles. The number of nitrogens with one attached hydrogen (secondary N) is 1. The summed E-state index contributed by atoms with van der Waals surface area (Å²) in [6.07, 6.45) is 5.20. The van der Waals surface area contributed by atoms with E-state index in [1.54, 1.807) is 36.4 Å². The first-order valence-corrected chi connectivity index (χ1v) is 7.27. The van der Waals surface area contributed by atoms with Crippen molar-refractivity contribution in [1.82, 2.24) is 19.7 Å². The minimum atomic E-state index is 0.465. The normalized spacial score (nSPS) is 10.8. The minimum absolute atomic E-state index is 0.465. The summed E-state index contributed by atoms with van der Waals surface area (Å²) < 4.78 is 10.4. The highest BCUT2D eigenvalue weighted by Crippen LogP contribution is 2.34. The van der Waals surface area contributed by atoms with Crippen LogP contribution in [0.2, 0.25) is 5.15 Å². The molecule has 0 aliphatic carbocycles. The Kier molecular flexibility index (Phi) is 3.85. The minimum Gasteiger partial charge on any atom is -0.479 e. The smallest absolute Gasteiger partial charge is 0.240 e. The molecular weight excluding hydrogens is 310 g/mol. The third-order valence-electron chi connectivity index (χ3n) is 2.90. The molecule has 108 valence electrons. The molecule has 0 aliphatic rings. The summed E-state index contributed by atoms with van der Waals surface area (Å²) in [6.45, 7) is 0. The second-order valence-electron chi connectivity index (χ2n) is 4.24. The van der Waals surface area contributed by atoms with E-state index in [1.165, 1.54) is 11.9 Å². The third kappa shape index (κ3) is 2.74. The van der Waals surface area contributed by atoms with E-state index in [0.717, 1.165) is 21.5 Å². The molecule has 0 unspecified atom stereocenters. The Hall–Kier alpha value is -1.99. The molecule has 3 aromatic rings. The lowest BCUT2D eigenvalue weighted by molar-refractivity contribution is 0.401. The molecule has 3 heterocycles. The van der Waals surface area contributed by atoms with Crippen molar-refractivity contribution >= 4 is 40.1 Å². The van der Waals surface area contributed by atoms with Crippen LogP contribution in [0.3, 0.4) is 0 Å². The maximum atomic E-state index is 5.78. The van der Waals surface area contributed by atoms with Crippen molar-refractivity contribution in [1.29, 1.82) is 0 Å². The van der Waals surface area contributed by atoms with Gasteiger partial charge in [0.05, 0.1) is 18.8 Å². The fourth-order valence-corrected chi connectivity index (χ4v) is 2.69. The van der Waals surface area contributed by atoms with Gasteiger partial charge < -0.3 is 9.46 Å². The maximum absolute atomic E-state index is 5.78. The fraction of sp³-hybridized carbons (Fsp3) is 0.154. The molecule has 3 aromatic heterocycles. The maximum Gasteiger partial charge on any atom is 0.240 e. The predicted octanol–water partition coefficient (Wildman–Crippen LogP) is 3.14. The number of pyridine rings is 2. The lowest BCUT2D eigenvalue weighted by Gasteiger charge is -2.11. The van der Waals surface area contributed by atoms with Gasteiger partial charge in [-0.3, -0.25) is 4.68 Å². The number of methoxy groups -OCH3 is 1. The Labute approximate surface area is 130 Å². The molecule has 8 heteroatoms. The van der Waals surface area contributed by atoms with Crippen molar-refractivity contribution in [3.8, 4) is 5.88 Å². The van der Waals surface area contributed by atoms with Gasteiger partial charge in [0.25, 0.3) is 0 Å². The highest BCUT2D eigenvalue weighted by molar-refractivity contribution is 8.00. The number of ether oxygens (including phenoxy) is 1. The van der Waals surface area contributed by atoms with E-state index in [4.69, 9.17) is 16.3 Å². The van der Waals surface area contributed by atoms with Crippen LogP contribution >= 0.6 is 23.5 Å². The van der Waals surface area contributed by atoms with Crippen LogP contribution in [-0.2, 0) is 7.05 Å². The van der Waals surface area contributed by atoms with Crippen molar-refractivity contribution in [2.24, 2.45) is 7.05 Å². The van der Waals surface area contributed by atoms with Gasteiger partial charge >= 0.3 is 0 Å². The van der Waals surface area contributed by atoms with E-state index in [0.29, 0.717) is 11.0 Å². The number of hydrogen-bond donors (Lipinski definition) is 1. The molecule has 0 aliphatic heterocycles. The van der Waals surface area contributed by atoms with Gasteiger partial charge in [-0.2, -0.15) is 5.10 Å². The SMILES string of the molecule is COc1ncc2cnn(C)c2c1NSc1ccc(Cl)nc1. The van der Waals surface area contributed by atoms with E-state index >= 15 is 0 Å². The number of rotatable bonds is 4. The molecule has 0 radical (unpaired) electrons. The molecule has 21 heavy (non-hydrogen) atoms. The first-order valence-electron chi connectivity index (χ1n) is 6.08. The molecule has 6 nitrogen and oxygen atoms in total. The first-order chi connectivity index (χ1) is 10.2. The van der Waals surface area contributed by atoms with Crippen LogP contribution in [0.15, 0.2) is 35.6 Å². The zero-order valence-corrected chi connectivity index (χ0v) is 12.9. The number of aryl methyl sites for hydroxylation is 1. The summed E-state index contributed by atoms with van der Waals surface area (Å²) in [5, 5.41) is 5.65. The monoisotopic (exact) mass is 321 g/mol. The van der Waals surface area contributed by atoms with Crippen molar-refractivity contribution < 1.29 is 4.74 Å². The van der Waals surface area contributed by atoms with Gasteiger partial charge in [-0.05, 0) is 24.1 Å². The van der Waals surface area contributed by atoms with E-state index in [-0.39, 0.29) is 0 Å². The van der Waals surface area contributed by atoms with Gasteiger partial charge in [-0.15, -0.1) is 0 Å². The average molecular weight is 322 g/mol. The van der Waals surface area contributed by atoms with Gasteiger partial charge in [0.15, 0.2) is 0 Å². The number of nitrogens with zero attached hydrogens (tertiary/aromatic N) is 4. The molecule has 0 amide bonds. The van der Waals surface area contributed by atoms with Crippen LogP contribution in [0.1, 0.15) is 0 Å². The molecule has 0 spiro atoms. The van der Waals surface area contributed by atoms with Gasteiger partial charge in [0.1, 0.15) is 10.8 Å². The molecule has 0 saturated heterocycles. The molecule has 0 fully saturated rings. The van der Waals surface area contributed by atoms with Crippen molar-refractivity contribution in [2.75, 3.05) is 11.8 Å². The van der Waals surface area contributed by atoms with Gasteiger partial charge in [0, 0.05) is 29.7 Å². The van der Waals surface area contributed by atoms with Crippen LogP contribution in [-0.4, -0.2) is 26.9 Å². The van der Waals surface area contributed by atoms with Crippen LogP contribution in [0.4, 0.5) is 5.69 Å². The average Bonchev–Trinajstić information content (AvgIpc) is 2.88. The highest BCUT2D eigenvalue weighted by Gasteiger charge is 2.13. The van der Waals surface area contributed by atoms with Crippen LogP contribution < -0.4 is 9.46 Å². The molecule has 3 rings (SSSR count). The molecular formula is C13H12ClN5OS. The van der Waals surface area contributed by atoms with Gasteiger partial charge in [-0.25, -0.2) is 9.97 Å². The summed E-state index contributed by atoms with van der Waals surface area (Å²) in [7, 11) is 3.46. The summed E-state index contributed by atoms with van der Waals surface area (Å²) >= 11 is 7.18. The zero-order chi connectivity index (χ0) is 14.8. The number of anilines is 1. The topological polar surface area (TPSA) is 64.9 Å². The Morgan fingerprint density at radius 1 is 1.24 bits per heavy atom. The number of aromatic nitrogens is 4. The zero-order valence-electron chi connectivity index (χ0n) is 11.4. The Morgan fingerprint density at radius 3 is 2.81 bits per heavy atom. The van der Waals surface area contributed by atoms with Crippen molar-refractivity contribution in [3.63, 3.8) is 0 Å². The van der Waals surface area contributed by atoms with E-state index in [2.05, 4.69) is 19.8 Å². The van der Waals surface area contributed by atoms with Gasteiger partial charge in [-0.1, -0.05) is 11.6 Å². The molecule has 0 bridgehead atoms. The Bertz CT molecular complexity index is 774. The largest absolute Gasteiger partial charge is 0.479 e. The Balaban J connectivity index is 1.95. The van der Waals surface area contributed by atoms with E-state index < -0.39 is 0 Å². The molecule has 0 aromatic carbocycles. The fourth-order valence-electron chi connectivity index (χ4n) is 1.93. The standard InChI is InChI=1S/C13H12ClN5OS/c1-19-12-8(6-17-19)5-16-13(20-2)11(12)18-21-9-3-4-10(14)15-7-9/h3-7,18H,1-2H3. The third-order valence-corrected chi connectivity index (χ3v) is 3.91.